The molecule has 1 aromatic heterocycles. The number of thiazole rings is 1. The summed E-state index contributed by atoms with van der Waals surface area (Å²) in [7, 11) is 0. The first-order chi connectivity index (χ1) is 9.65. The number of carbonyl (C=O) groups is 1. The predicted octanol–water partition coefficient (Wildman–Crippen LogP) is 3.56. The fourth-order valence-corrected chi connectivity index (χ4v) is 2.67. The number of aryl methyl sites for hydroxylation is 1. The molecule has 1 heterocycles. The van der Waals surface area contributed by atoms with E-state index in [0.717, 1.165) is 10.3 Å². The number of carbonyl (C=O) groups excluding carboxylic acids is 1. The zero-order valence-corrected chi connectivity index (χ0v) is 11.6. The zero-order valence-electron chi connectivity index (χ0n) is 10.8. The molecule has 0 atom stereocenters. The van der Waals surface area contributed by atoms with E-state index in [2.05, 4.69) is 10.3 Å². The lowest BCUT2D eigenvalue weighted by molar-refractivity contribution is 0.102. The summed E-state index contributed by atoms with van der Waals surface area (Å²) in [5.74, 6) is -0.364. The van der Waals surface area contributed by atoms with Crippen LogP contribution in [0.5, 0.6) is 5.75 Å². The number of nitrogens with zero attached hydrogens (tertiary/aromatic N) is 1. The third-order valence-electron chi connectivity index (χ3n) is 2.99. The van der Waals surface area contributed by atoms with Crippen molar-refractivity contribution < 1.29 is 9.90 Å². The van der Waals surface area contributed by atoms with Crippen molar-refractivity contribution in [2.75, 3.05) is 5.32 Å². The highest BCUT2D eigenvalue weighted by atomic mass is 32.1. The average Bonchev–Trinajstić information content (AvgIpc) is 2.84. The van der Waals surface area contributed by atoms with Crippen LogP contribution in [0, 0.1) is 6.92 Å². The molecule has 20 heavy (non-hydrogen) atoms. The number of aromatic hydroxyl groups is 1. The molecule has 0 fully saturated rings. The van der Waals surface area contributed by atoms with Crippen LogP contribution < -0.4 is 5.32 Å². The lowest BCUT2D eigenvalue weighted by Gasteiger charge is -2.07. The van der Waals surface area contributed by atoms with Gasteiger partial charge in [-0.25, -0.2) is 4.98 Å². The van der Waals surface area contributed by atoms with E-state index in [1.165, 1.54) is 11.3 Å². The molecule has 0 spiro atoms. The molecule has 0 radical (unpaired) electrons. The van der Waals surface area contributed by atoms with Gasteiger partial charge in [-0.05, 0) is 18.4 Å². The van der Waals surface area contributed by atoms with Crippen molar-refractivity contribution >= 4 is 33.1 Å². The maximum Gasteiger partial charge on any atom is 0.261 e. The van der Waals surface area contributed by atoms with Crippen molar-refractivity contribution in [2.45, 2.75) is 6.92 Å². The maximum atomic E-state index is 12.2. The largest absolute Gasteiger partial charge is 0.506 e. The molecule has 2 aromatic carbocycles. The van der Waals surface area contributed by atoms with Gasteiger partial charge in [0.2, 0.25) is 0 Å². The lowest BCUT2D eigenvalue weighted by Crippen LogP contribution is -2.11. The number of aromatic nitrogens is 1. The van der Waals surface area contributed by atoms with Gasteiger partial charge < -0.3 is 5.11 Å². The topological polar surface area (TPSA) is 62.2 Å². The molecule has 0 aliphatic rings. The third-order valence-corrected chi connectivity index (χ3v) is 3.82. The van der Waals surface area contributed by atoms with Gasteiger partial charge in [0, 0.05) is 16.5 Å². The number of phenolic OH excluding ortho intramolecular Hbond substituents is 1. The Morgan fingerprint density at radius 2 is 2.05 bits per heavy atom. The molecule has 3 aromatic rings. The number of rotatable bonds is 2. The number of fused-ring (bicyclic) bond motifs is 1. The van der Waals surface area contributed by atoms with E-state index >= 15 is 0 Å². The van der Waals surface area contributed by atoms with Crippen LogP contribution in [0.4, 0.5) is 5.13 Å². The minimum Gasteiger partial charge on any atom is -0.506 e. The number of nitrogens with one attached hydrogen (secondary N) is 1. The van der Waals surface area contributed by atoms with Crippen LogP contribution in [0.2, 0.25) is 0 Å². The van der Waals surface area contributed by atoms with Crippen molar-refractivity contribution in [3.05, 3.63) is 53.0 Å². The Bertz CT molecular complexity index is 795. The van der Waals surface area contributed by atoms with Crippen molar-refractivity contribution in [3.8, 4) is 5.75 Å². The molecule has 0 saturated heterocycles. The number of amides is 1. The number of phenols is 1. The monoisotopic (exact) mass is 284 g/mol. The second kappa shape index (κ2) is 4.94. The van der Waals surface area contributed by atoms with Crippen molar-refractivity contribution in [1.82, 2.24) is 4.98 Å². The Morgan fingerprint density at radius 3 is 2.80 bits per heavy atom. The highest BCUT2D eigenvalue weighted by Crippen LogP contribution is 2.29. The highest BCUT2D eigenvalue weighted by molar-refractivity contribution is 7.15. The van der Waals surface area contributed by atoms with Crippen LogP contribution in [0.3, 0.4) is 0 Å². The molecule has 2 N–H and O–H groups in total. The van der Waals surface area contributed by atoms with Gasteiger partial charge in [0.25, 0.3) is 5.91 Å². The zero-order chi connectivity index (χ0) is 14.1. The van der Waals surface area contributed by atoms with Crippen LogP contribution in [0.15, 0.2) is 42.6 Å². The number of hydrogen-bond donors (Lipinski definition) is 2. The van der Waals surface area contributed by atoms with Gasteiger partial charge in [-0.3, -0.25) is 10.1 Å². The van der Waals surface area contributed by atoms with E-state index < -0.39 is 0 Å². The van der Waals surface area contributed by atoms with Crippen molar-refractivity contribution in [1.29, 1.82) is 0 Å². The SMILES string of the molecule is Cc1cnc(NC(=O)c2ccc3ccccc3c2O)s1. The molecule has 5 heteroatoms. The fraction of sp³-hybridized carbons (Fsp3) is 0.0667. The minimum atomic E-state index is -0.359. The van der Waals surface area contributed by atoms with Crippen LogP contribution in [0.25, 0.3) is 10.8 Å². The Hall–Kier alpha value is -2.40. The summed E-state index contributed by atoms with van der Waals surface area (Å²) >= 11 is 1.40. The Balaban J connectivity index is 1.97. The van der Waals surface area contributed by atoms with E-state index in [4.69, 9.17) is 0 Å². The summed E-state index contributed by atoms with van der Waals surface area (Å²) in [5.41, 5.74) is 0.247. The quantitative estimate of drug-likeness (QED) is 0.756. The summed E-state index contributed by atoms with van der Waals surface area (Å²) < 4.78 is 0. The van der Waals surface area contributed by atoms with Gasteiger partial charge >= 0.3 is 0 Å². The van der Waals surface area contributed by atoms with Crippen LogP contribution in [0.1, 0.15) is 15.2 Å². The molecule has 0 saturated carbocycles. The second-order valence-electron chi connectivity index (χ2n) is 4.41. The molecule has 0 aliphatic carbocycles. The molecular formula is C15H12N2O2S. The standard InChI is InChI=1S/C15H12N2O2S/c1-9-8-16-15(20-9)17-14(19)12-7-6-10-4-2-3-5-11(10)13(12)18/h2-8,18H,1H3,(H,16,17,19). The number of anilines is 1. The van der Waals surface area contributed by atoms with Crippen LogP contribution >= 0.6 is 11.3 Å². The lowest BCUT2D eigenvalue weighted by atomic mass is 10.1. The summed E-state index contributed by atoms with van der Waals surface area (Å²) in [4.78, 5) is 17.3. The molecular weight excluding hydrogens is 272 g/mol. The van der Waals surface area contributed by atoms with Crippen LogP contribution in [-0.4, -0.2) is 16.0 Å². The second-order valence-corrected chi connectivity index (χ2v) is 5.65. The van der Waals surface area contributed by atoms with Gasteiger partial charge in [-0.2, -0.15) is 0 Å². The summed E-state index contributed by atoms with van der Waals surface area (Å²) in [6.07, 6.45) is 1.69. The first kappa shape index (κ1) is 12.6. The third kappa shape index (κ3) is 2.23. The fourth-order valence-electron chi connectivity index (χ4n) is 2.02. The van der Waals surface area contributed by atoms with Gasteiger partial charge in [0.1, 0.15) is 5.75 Å². The van der Waals surface area contributed by atoms with Crippen molar-refractivity contribution in [3.63, 3.8) is 0 Å². The predicted molar refractivity (Wildman–Crippen MR) is 80.4 cm³/mol. The minimum absolute atomic E-state index is 0.00567. The summed E-state index contributed by atoms with van der Waals surface area (Å²) in [5, 5.41) is 15.0. The summed E-state index contributed by atoms with van der Waals surface area (Å²) in [6.45, 7) is 1.92. The smallest absolute Gasteiger partial charge is 0.261 e. The number of hydrogen-bond acceptors (Lipinski definition) is 4. The Labute approximate surface area is 119 Å². The van der Waals surface area contributed by atoms with Gasteiger partial charge in [0.05, 0.1) is 5.56 Å². The van der Waals surface area contributed by atoms with Crippen LogP contribution in [-0.2, 0) is 0 Å². The average molecular weight is 284 g/mol. The van der Waals surface area contributed by atoms with E-state index in [9.17, 15) is 9.90 Å². The highest BCUT2D eigenvalue weighted by Gasteiger charge is 2.14. The molecule has 0 unspecified atom stereocenters. The maximum absolute atomic E-state index is 12.2. The Kier molecular flexibility index (Phi) is 3.12. The first-order valence-corrected chi connectivity index (χ1v) is 6.91. The molecule has 1 amide bonds. The molecule has 4 nitrogen and oxygen atoms in total. The normalized spacial score (nSPS) is 10.7. The van der Waals surface area contributed by atoms with Gasteiger partial charge in [0.15, 0.2) is 5.13 Å². The summed E-state index contributed by atoms with van der Waals surface area (Å²) in [6, 6.07) is 10.8. The Morgan fingerprint density at radius 1 is 1.25 bits per heavy atom. The van der Waals surface area contributed by atoms with E-state index in [-0.39, 0.29) is 17.2 Å². The van der Waals surface area contributed by atoms with E-state index in [1.807, 2.05) is 31.2 Å². The van der Waals surface area contributed by atoms with E-state index in [1.54, 1.807) is 18.3 Å². The number of benzene rings is 2. The van der Waals surface area contributed by atoms with Gasteiger partial charge in [-0.15, -0.1) is 11.3 Å². The van der Waals surface area contributed by atoms with Gasteiger partial charge in [-0.1, -0.05) is 30.3 Å². The van der Waals surface area contributed by atoms with Crippen molar-refractivity contribution in [2.24, 2.45) is 0 Å². The van der Waals surface area contributed by atoms with E-state index in [0.29, 0.717) is 10.5 Å². The molecule has 100 valence electrons. The molecule has 3 rings (SSSR count). The molecule has 0 bridgehead atoms. The first-order valence-electron chi connectivity index (χ1n) is 6.09. The molecule has 0 aliphatic heterocycles.